The van der Waals surface area contributed by atoms with Crippen molar-refractivity contribution >= 4 is 17.5 Å². The fourth-order valence-electron chi connectivity index (χ4n) is 1.96. The van der Waals surface area contributed by atoms with E-state index in [-0.39, 0.29) is 11.4 Å². The summed E-state index contributed by atoms with van der Waals surface area (Å²) in [4.78, 5) is 20.6. The number of aromatic nitrogens is 2. The van der Waals surface area contributed by atoms with Gasteiger partial charge in [0, 0.05) is 29.7 Å². The van der Waals surface area contributed by atoms with Gasteiger partial charge in [-0.2, -0.15) is 0 Å². The first-order valence-electron chi connectivity index (χ1n) is 7.46. The second-order valence-electron chi connectivity index (χ2n) is 6.19. The number of rotatable bonds is 5. The van der Waals surface area contributed by atoms with Gasteiger partial charge in [-0.25, -0.2) is 9.97 Å². The van der Waals surface area contributed by atoms with Gasteiger partial charge in [-0.15, -0.1) is 0 Å². The molecular weight excluding hydrogens is 308 g/mol. The number of nitrogens with one attached hydrogen (secondary N) is 2. The number of carbonyl (C=O) groups excluding carboxylic acids is 1. The second-order valence-corrected chi connectivity index (χ2v) is 6.19. The number of carbonyl (C=O) groups is 1. The Morgan fingerprint density at radius 3 is 2.21 bits per heavy atom. The molecule has 1 aromatic heterocycles. The van der Waals surface area contributed by atoms with Crippen LogP contribution in [0.1, 0.15) is 31.1 Å². The Kier molecular flexibility index (Phi) is 5.23. The van der Waals surface area contributed by atoms with Crippen molar-refractivity contribution in [1.29, 1.82) is 0 Å². The highest BCUT2D eigenvalue weighted by Gasteiger charge is 2.13. The molecular formula is C17H22N4O3. The Morgan fingerprint density at radius 2 is 1.67 bits per heavy atom. The predicted molar refractivity (Wildman–Crippen MR) is 92.9 cm³/mol. The Morgan fingerprint density at radius 1 is 1.04 bits per heavy atom. The molecule has 1 aromatic carbocycles. The summed E-state index contributed by atoms with van der Waals surface area (Å²) in [6, 6.07) is 5.14. The standard InChI is InChI=1S/C17H22N4O3/c1-17(2,3)21-16-18-9-11(10-19-16)15(22)20-12-6-7-13(23-4)14(8-12)24-5/h6-10H,1-5H3,(H,20,22)(H,18,19,21). The number of nitrogens with zero attached hydrogens (tertiary/aromatic N) is 2. The summed E-state index contributed by atoms with van der Waals surface area (Å²) in [5.41, 5.74) is 0.808. The maximum atomic E-state index is 12.3. The van der Waals surface area contributed by atoms with Crippen LogP contribution in [-0.2, 0) is 0 Å². The molecule has 128 valence electrons. The lowest BCUT2D eigenvalue weighted by molar-refractivity contribution is 0.102. The third-order valence-electron chi connectivity index (χ3n) is 3.04. The van der Waals surface area contributed by atoms with Crippen LogP contribution in [0.4, 0.5) is 11.6 Å². The lowest BCUT2D eigenvalue weighted by Gasteiger charge is -2.20. The summed E-state index contributed by atoms with van der Waals surface area (Å²) in [7, 11) is 3.10. The maximum absolute atomic E-state index is 12.3. The van der Waals surface area contributed by atoms with Crippen LogP contribution < -0.4 is 20.1 Å². The third kappa shape index (κ3) is 4.58. The Labute approximate surface area is 141 Å². The van der Waals surface area contributed by atoms with Gasteiger partial charge in [0.25, 0.3) is 5.91 Å². The molecule has 1 heterocycles. The number of hydrogen-bond donors (Lipinski definition) is 2. The molecule has 7 nitrogen and oxygen atoms in total. The molecule has 0 unspecified atom stereocenters. The molecule has 0 atom stereocenters. The normalized spacial score (nSPS) is 10.9. The van der Waals surface area contributed by atoms with Gasteiger partial charge in [0.05, 0.1) is 19.8 Å². The van der Waals surface area contributed by atoms with E-state index in [2.05, 4.69) is 20.6 Å². The highest BCUT2D eigenvalue weighted by molar-refractivity contribution is 6.04. The van der Waals surface area contributed by atoms with E-state index >= 15 is 0 Å². The van der Waals surface area contributed by atoms with E-state index < -0.39 is 0 Å². The largest absolute Gasteiger partial charge is 0.493 e. The number of methoxy groups -OCH3 is 2. The van der Waals surface area contributed by atoms with Gasteiger partial charge >= 0.3 is 0 Å². The molecule has 0 aliphatic heterocycles. The zero-order chi connectivity index (χ0) is 17.7. The maximum Gasteiger partial charge on any atom is 0.258 e. The van der Waals surface area contributed by atoms with Crippen LogP contribution in [0.15, 0.2) is 30.6 Å². The molecule has 0 saturated carbocycles. The average Bonchev–Trinajstić information content (AvgIpc) is 2.53. The first kappa shape index (κ1) is 17.5. The summed E-state index contributed by atoms with van der Waals surface area (Å²) in [6.07, 6.45) is 2.97. The highest BCUT2D eigenvalue weighted by Crippen LogP contribution is 2.29. The number of benzene rings is 1. The van der Waals surface area contributed by atoms with Gasteiger partial charge in [-0.3, -0.25) is 4.79 Å². The zero-order valence-electron chi connectivity index (χ0n) is 14.5. The molecule has 2 N–H and O–H groups in total. The second kappa shape index (κ2) is 7.16. The van der Waals surface area contributed by atoms with Crippen molar-refractivity contribution in [2.24, 2.45) is 0 Å². The average molecular weight is 330 g/mol. The van der Waals surface area contributed by atoms with Gasteiger partial charge in [-0.05, 0) is 32.9 Å². The molecule has 1 amide bonds. The molecule has 0 spiro atoms. The van der Waals surface area contributed by atoms with E-state index in [1.165, 1.54) is 19.5 Å². The van der Waals surface area contributed by atoms with Gasteiger partial charge in [0.2, 0.25) is 5.95 Å². The molecule has 0 radical (unpaired) electrons. The number of amides is 1. The van der Waals surface area contributed by atoms with E-state index in [0.29, 0.717) is 28.7 Å². The molecule has 0 aliphatic carbocycles. The van der Waals surface area contributed by atoms with Crippen molar-refractivity contribution in [3.05, 3.63) is 36.2 Å². The van der Waals surface area contributed by atoms with Gasteiger partial charge in [-0.1, -0.05) is 0 Å². The van der Waals surface area contributed by atoms with Crippen molar-refractivity contribution in [2.75, 3.05) is 24.9 Å². The molecule has 0 bridgehead atoms. The molecule has 2 aromatic rings. The SMILES string of the molecule is COc1ccc(NC(=O)c2cnc(NC(C)(C)C)nc2)cc1OC. The van der Waals surface area contributed by atoms with Crippen molar-refractivity contribution in [3.63, 3.8) is 0 Å². The van der Waals surface area contributed by atoms with Crippen molar-refractivity contribution in [2.45, 2.75) is 26.3 Å². The van der Waals surface area contributed by atoms with Crippen LogP contribution in [0, 0.1) is 0 Å². The highest BCUT2D eigenvalue weighted by atomic mass is 16.5. The Balaban J connectivity index is 2.09. The molecule has 7 heteroatoms. The molecule has 0 aliphatic rings. The number of ether oxygens (including phenoxy) is 2. The summed E-state index contributed by atoms with van der Waals surface area (Å²) in [5, 5.41) is 5.92. The summed E-state index contributed by atoms with van der Waals surface area (Å²) < 4.78 is 10.4. The smallest absolute Gasteiger partial charge is 0.258 e. The minimum absolute atomic E-state index is 0.149. The number of anilines is 2. The first-order chi connectivity index (χ1) is 11.3. The van der Waals surface area contributed by atoms with Crippen LogP contribution in [0.5, 0.6) is 11.5 Å². The van der Waals surface area contributed by atoms with Crippen molar-refractivity contribution in [1.82, 2.24) is 9.97 Å². The van der Waals surface area contributed by atoms with Gasteiger partial charge in [0.15, 0.2) is 11.5 Å². The fourth-order valence-corrected chi connectivity index (χ4v) is 1.96. The first-order valence-corrected chi connectivity index (χ1v) is 7.46. The van der Waals surface area contributed by atoms with E-state index in [0.717, 1.165) is 0 Å². The third-order valence-corrected chi connectivity index (χ3v) is 3.04. The minimum atomic E-state index is -0.301. The summed E-state index contributed by atoms with van der Waals surface area (Å²) in [6.45, 7) is 6.02. The van der Waals surface area contributed by atoms with Crippen molar-refractivity contribution in [3.8, 4) is 11.5 Å². The molecule has 24 heavy (non-hydrogen) atoms. The molecule has 0 saturated heterocycles. The van der Waals surface area contributed by atoms with Crippen LogP contribution >= 0.6 is 0 Å². The Bertz CT molecular complexity index is 709. The molecule has 2 rings (SSSR count). The minimum Gasteiger partial charge on any atom is -0.493 e. The summed E-state index contributed by atoms with van der Waals surface area (Å²) in [5.74, 6) is 1.31. The lowest BCUT2D eigenvalue weighted by Crippen LogP contribution is -2.27. The van der Waals surface area contributed by atoms with E-state index in [1.807, 2.05) is 20.8 Å². The zero-order valence-corrected chi connectivity index (χ0v) is 14.5. The van der Waals surface area contributed by atoms with Gasteiger partial charge in [0.1, 0.15) is 0 Å². The van der Waals surface area contributed by atoms with Gasteiger partial charge < -0.3 is 20.1 Å². The van der Waals surface area contributed by atoms with Crippen LogP contribution in [0.25, 0.3) is 0 Å². The van der Waals surface area contributed by atoms with E-state index in [4.69, 9.17) is 9.47 Å². The van der Waals surface area contributed by atoms with E-state index in [9.17, 15) is 4.79 Å². The van der Waals surface area contributed by atoms with Crippen LogP contribution in [0.3, 0.4) is 0 Å². The monoisotopic (exact) mass is 330 g/mol. The molecule has 0 fully saturated rings. The van der Waals surface area contributed by atoms with Crippen LogP contribution in [0.2, 0.25) is 0 Å². The fraction of sp³-hybridized carbons (Fsp3) is 0.353. The number of hydrogen-bond acceptors (Lipinski definition) is 6. The van der Waals surface area contributed by atoms with Crippen LogP contribution in [-0.4, -0.2) is 35.6 Å². The lowest BCUT2D eigenvalue weighted by atomic mass is 10.1. The van der Waals surface area contributed by atoms with Crippen molar-refractivity contribution < 1.29 is 14.3 Å². The summed E-state index contributed by atoms with van der Waals surface area (Å²) >= 11 is 0. The van der Waals surface area contributed by atoms with E-state index in [1.54, 1.807) is 25.3 Å². The predicted octanol–water partition coefficient (Wildman–Crippen LogP) is 2.96. The topological polar surface area (TPSA) is 85.4 Å². The Hall–Kier alpha value is -2.83. The quantitative estimate of drug-likeness (QED) is 0.877.